The largest absolute Gasteiger partial charge is 0.487 e. The first-order chi connectivity index (χ1) is 19.4. The molecule has 4 rings (SSSR count). The average molecular weight is 560 g/mol. The van der Waals surface area contributed by atoms with Crippen molar-refractivity contribution in [2.24, 2.45) is 0 Å². The summed E-state index contributed by atoms with van der Waals surface area (Å²) in [4.78, 5) is 39.1. The van der Waals surface area contributed by atoms with E-state index in [1.807, 2.05) is 37.2 Å². The molecule has 3 N–H and O–H groups in total. The van der Waals surface area contributed by atoms with E-state index < -0.39 is 5.91 Å². The zero-order valence-corrected chi connectivity index (χ0v) is 23.0. The van der Waals surface area contributed by atoms with E-state index in [0.29, 0.717) is 52.0 Å². The molecule has 2 aromatic heterocycles. The Morgan fingerprint density at radius 3 is 2.52 bits per heavy atom. The maximum atomic E-state index is 12.4. The average Bonchev–Trinajstić information content (AvgIpc) is 2.94. The van der Waals surface area contributed by atoms with Crippen LogP contribution in [-0.2, 0) is 16.2 Å². The van der Waals surface area contributed by atoms with E-state index in [1.54, 1.807) is 42.7 Å². The predicted molar refractivity (Wildman–Crippen MR) is 157 cm³/mol. The van der Waals surface area contributed by atoms with Gasteiger partial charge in [-0.1, -0.05) is 11.6 Å². The number of ether oxygens (including phenoxy) is 1. The molecule has 0 aliphatic heterocycles. The fourth-order valence-corrected chi connectivity index (χ4v) is 3.94. The first-order valence-electron chi connectivity index (χ1n) is 12.6. The van der Waals surface area contributed by atoms with Gasteiger partial charge >= 0.3 is 0 Å². The number of rotatable bonds is 12. The van der Waals surface area contributed by atoms with E-state index in [2.05, 4.69) is 30.9 Å². The summed E-state index contributed by atoms with van der Waals surface area (Å²) in [5, 5.41) is 9.92. The van der Waals surface area contributed by atoms with Gasteiger partial charge in [0.25, 0.3) is 0 Å². The van der Waals surface area contributed by atoms with Crippen molar-refractivity contribution < 1.29 is 14.3 Å². The first-order valence-corrected chi connectivity index (χ1v) is 13.0. The van der Waals surface area contributed by atoms with Crippen LogP contribution < -0.4 is 20.7 Å². The number of hydrogen-bond donors (Lipinski definition) is 3. The minimum atomic E-state index is -0.428. The summed E-state index contributed by atoms with van der Waals surface area (Å²) in [7, 11) is 3.94. The van der Waals surface area contributed by atoms with Gasteiger partial charge in [0.2, 0.25) is 11.8 Å². The van der Waals surface area contributed by atoms with Gasteiger partial charge in [-0.2, -0.15) is 0 Å². The number of hydrogen-bond acceptors (Lipinski definition) is 8. The van der Waals surface area contributed by atoms with Gasteiger partial charge in [0, 0.05) is 47.9 Å². The van der Waals surface area contributed by atoms with Crippen LogP contribution in [-0.4, -0.2) is 58.9 Å². The number of pyridine rings is 1. The molecular weight excluding hydrogens is 530 g/mol. The Hall–Kier alpha value is -4.54. The minimum absolute atomic E-state index is 0.320. The van der Waals surface area contributed by atoms with Crippen molar-refractivity contribution in [2.45, 2.75) is 13.0 Å². The molecule has 0 fully saturated rings. The quantitative estimate of drug-likeness (QED) is 0.171. The summed E-state index contributed by atoms with van der Waals surface area (Å²) >= 11 is 6.47. The SMILES string of the molecule is CN(C)CCCNC(=O)C=CC(=O)Nc1ccc2ncnc(Nc3ccc(OCc4ccncc4)c(Cl)c3)c2c1. The second-order valence-electron chi connectivity index (χ2n) is 9.14. The second-order valence-corrected chi connectivity index (χ2v) is 9.55. The lowest BCUT2D eigenvalue weighted by molar-refractivity contribution is -0.117. The molecule has 2 heterocycles. The van der Waals surface area contributed by atoms with E-state index in [4.69, 9.17) is 16.3 Å². The summed E-state index contributed by atoms with van der Waals surface area (Å²) in [6.07, 6.45) is 8.12. The third-order valence-electron chi connectivity index (χ3n) is 5.71. The molecule has 0 aliphatic carbocycles. The van der Waals surface area contributed by atoms with Crippen molar-refractivity contribution in [2.75, 3.05) is 37.8 Å². The topological polar surface area (TPSA) is 121 Å². The number of carbonyl (C=O) groups excluding carboxylic acids is 2. The zero-order chi connectivity index (χ0) is 28.3. The molecule has 206 valence electrons. The Balaban J connectivity index is 1.39. The molecule has 0 saturated carbocycles. The normalized spacial score (nSPS) is 11.1. The van der Waals surface area contributed by atoms with Gasteiger partial charge in [-0.25, -0.2) is 9.97 Å². The highest BCUT2D eigenvalue weighted by molar-refractivity contribution is 6.32. The van der Waals surface area contributed by atoms with Gasteiger partial charge in [0.15, 0.2) is 0 Å². The van der Waals surface area contributed by atoms with Crippen LogP contribution in [0.1, 0.15) is 12.0 Å². The summed E-state index contributed by atoms with van der Waals surface area (Å²) in [6, 6.07) is 14.4. The number of nitrogens with zero attached hydrogens (tertiary/aromatic N) is 4. The van der Waals surface area contributed by atoms with Gasteiger partial charge in [0.1, 0.15) is 24.5 Å². The Kier molecular flexibility index (Phi) is 9.98. The molecule has 0 bridgehead atoms. The highest BCUT2D eigenvalue weighted by Crippen LogP contribution is 2.31. The van der Waals surface area contributed by atoms with Crippen molar-refractivity contribution in [3.8, 4) is 5.75 Å². The molecule has 0 atom stereocenters. The Labute approximate surface area is 237 Å². The van der Waals surface area contributed by atoms with Gasteiger partial charge in [-0.3, -0.25) is 14.6 Å². The van der Waals surface area contributed by atoms with Crippen molar-refractivity contribution in [3.63, 3.8) is 0 Å². The lowest BCUT2D eigenvalue weighted by Gasteiger charge is -2.12. The maximum Gasteiger partial charge on any atom is 0.248 e. The lowest BCUT2D eigenvalue weighted by atomic mass is 10.2. The van der Waals surface area contributed by atoms with Crippen LogP contribution in [0.15, 0.2) is 79.4 Å². The van der Waals surface area contributed by atoms with E-state index in [9.17, 15) is 9.59 Å². The van der Waals surface area contributed by atoms with Gasteiger partial charge in [-0.05, 0) is 81.2 Å². The molecule has 11 heteroatoms. The van der Waals surface area contributed by atoms with Crippen molar-refractivity contribution in [1.82, 2.24) is 25.2 Å². The van der Waals surface area contributed by atoms with Crippen LogP contribution in [0.2, 0.25) is 5.02 Å². The number of carbonyl (C=O) groups is 2. The van der Waals surface area contributed by atoms with Crippen LogP contribution in [0.25, 0.3) is 10.9 Å². The van der Waals surface area contributed by atoms with Crippen LogP contribution in [0, 0.1) is 0 Å². The molecular formula is C29H30ClN7O3. The summed E-state index contributed by atoms with van der Waals surface area (Å²) in [6.45, 7) is 1.78. The fourth-order valence-electron chi connectivity index (χ4n) is 3.71. The second kappa shape index (κ2) is 14.0. The number of nitrogens with one attached hydrogen (secondary N) is 3. The van der Waals surface area contributed by atoms with E-state index in [-0.39, 0.29) is 5.91 Å². The van der Waals surface area contributed by atoms with Crippen molar-refractivity contribution in [1.29, 1.82) is 0 Å². The highest BCUT2D eigenvalue weighted by atomic mass is 35.5. The Morgan fingerprint density at radius 2 is 1.75 bits per heavy atom. The first kappa shape index (κ1) is 28.5. The van der Waals surface area contributed by atoms with Crippen LogP contribution in [0.4, 0.5) is 17.2 Å². The summed E-state index contributed by atoms with van der Waals surface area (Å²) in [5.74, 6) is 0.343. The standard InChI is InChI=1S/C29H30ClN7O3/c1-37(2)15-3-12-32-27(38)8-9-28(39)35-21-4-6-25-23(16-21)29(34-19-33-25)36-22-5-7-26(24(30)17-22)40-18-20-10-13-31-14-11-20/h4-11,13-14,16-17,19H,3,12,15,18H2,1-2H3,(H,32,38)(H,35,39)(H,33,34,36). The van der Waals surface area contributed by atoms with E-state index >= 15 is 0 Å². The molecule has 0 aliphatic rings. The molecule has 40 heavy (non-hydrogen) atoms. The van der Waals surface area contributed by atoms with Crippen LogP contribution >= 0.6 is 11.6 Å². The van der Waals surface area contributed by atoms with Crippen LogP contribution in [0.5, 0.6) is 5.75 Å². The summed E-state index contributed by atoms with van der Waals surface area (Å²) in [5.41, 5.74) is 2.91. The molecule has 4 aromatic rings. The monoisotopic (exact) mass is 559 g/mol. The highest BCUT2D eigenvalue weighted by Gasteiger charge is 2.09. The maximum absolute atomic E-state index is 12.4. The Bertz CT molecular complexity index is 1500. The number of halogens is 1. The van der Waals surface area contributed by atoms with E-state index in [1.165, 1.54) is 18.5 Å². The molecule has 0 spiro atoms. The van der Waals surface area contributed by atoms with Crippen molar-refractivity contribution >= 4 is 51.5 Å². The van der Waals surface area contributed by atoms with Crippen molar-refractivity contribution in [3.05, 3.63) is 90.0 Å². The fraction of sp³-hybridized carbons (Fsp3) is 0.207. The van der Waals surface area contributed by atoms with Gasteiger partial charge < -0.3 is 25.6 Å². The van der Waals surface area contributed by atoms with Crippen LogP contribution in [0.3, 0.4) is 0 Å². The lowest BCUT2D eigenvalue weighted by Crippen LogP contribution is -2.25. The Morgan fingerprint density at radius 1 is 0.975 bits per heavy atom. The van der Waals surface area contributed by atoms with E-state index in [0.717, 1.165) is 18.5 Å². The molecule has 0 radical (unpaired) electrons. The predicted octanol–water partition coefficient (Wildman–Crippen LogP) is 4.56. The number of anilines is 3. The third kappa shape index (κ3) is 8.48. The third-order valence-corrected chi connectivity index (χ3v) is 6.00. The smallest absolute Gasteiger partial charge is 0.248 e. The molecule has 10 nitrogen and oxygen atoms in total. The zero-order valence-electron chi connectivity index (χ0n) is 22.2. The number of benzene rings is 2. The number of fused-ring (bicyclic) bond motifs is 1. The van der Waals surface area contributed by atoms with Gasteiger partial charge in [0.05, 0.1) is 10.5 Å². The molecule has 0 saturated heterocycles. The number of aromatic nitrogens is 3. The van der Waals surface area contributed by atoms with Gasteiger partial charge in [-0.15, -0.1) is 0 Å². The molecule has 2 aromatic carbocycles. The number of amides is 2. The molecule has 0 unspecified atom stereocenters. The minimum Gasteiger partial charge on any atom is -0.487 e. The summed E-state index contributed by atoms with van der Waals surface area (Å²) < 4.78 is 5.83. The molecule has 2 amide bonds.